The number of benzene rings is 2. The fourth-order valence-corrected chi connectivity index (χ4v) is 3.85. The van der Waals surface area contributed by atoms with Crippen molar-refractivity contribution >= 4 is 41.1 Å². The van der Waals surface area contributed by atoms with Gasteiger partial charge in [-0.2, -0.15) is 0 Å². The lowest BCUT2D eigenvalue weighted by Crippen LogP contribution is -2.35. The third kappa shape index (κ3) is 5.81. The average molecular weight is 419 g/mol. The van der Waals surface area contributed by atoms with E-state index in [-0.39, 0.29) is 18.2 Å². The number of piperidine rings is 1. The summed E-state index contributed by atoms with van der Waals surface area (Å²) < 4.78 is 0. The molecule has 0 bridgehead atoms. The van der Waals surface area contributed by atoms with E-state index in [1.165, 1.54) is 5.56 Å². The van der Waals surface area contributed by atoms with Crippen LogP contribution in [0.4, 0.5) is 5.69 Å². The number of nitrogens with zero attached hydrogens (tertiary/aromatic N) is 1. The standard InChI is InChI=1S/C22H24Cl2N2O2/c23-20-6-2-4-18(22(20)24)14-21(28)25-19-5-1-3-16(13-19)7-10-26-11-8-17(15-27)9-12-26/h1-6,13,15,17H,7-12,14H2,(H,25,28). The maximum Gasteiger partial charge on any atom is 0.228 e. The summed E-state index contributed by atoms with van der Waals surface area (Å²) in [5, 5.41) is 3.81. The number of aldehydes is 1. The molecule has 0 aromatic heterocycles. The molecule has 2 aromatic rings. The fraction of sp³-hybridized carbons (Fsp3) is 0.364. The van der Waals surface area contributed by atoms with Gasteiger partial charge in [-0.05, 0) is 61.7 Å². The van der Waals surface area contributed by atoms with Crippen LogP contribution in [0.5, 0.6) is 0 Å². The summed E-state index contributed by atoms with van der Waals surface area (Å²) in [6.07, 6.45) is 4.07. The van der Waals surface area contributed by atoms with Gasteiger partial charge in [-0.15, -0.1) is 0 Å². The highest BCUT2D eigenvalue weighted by Crippen LogP contribution is 2.26. The minimum Gasteiger partial charge on any atom is -0.326 e. The molecule has 1 amide bonds. The molecule has 1 N–H and O–H groups in total. The first kappa shape index (κ1) is 20.8. The molecule has 1 aliphatic heterocycles. The largest absolute Gasteiger partial charge is 0.326 e. The monoisotopic (exact) mass is 418 g/mol. The molecule has 28 heavy (non-hydrogen) atoms. The lowest BCUT2D eigenvalue weighted by Gasteiger charge is -2.29. The second kappa shape index (κ2) is 10.1. The Morgan fingerprint density at radius 1 is 1.14 bits per heavy atom. The van der Waals surface area contributed by atoms with Gasteiger partial charge in [0.25, 0.3) is 0 Å². The van der Waals surface area contributed by atoms with Gasteiger partial charge in [0.1, 0.15) is 6.29 Å². The average Bonchev–Trinajstić information content (AvgIpc) is 2.70. The lowest BCUT2D eigenvalue weighted by molar-refractivity contribution is -0.115. The maximum absolute atomic E-state index is 12.4. The Bertz CT molecular complexity index is 833. The molecule has 0 spiro atoms. The Labute approximate surface area is 175 Å². The van der Waals surface area contributed by atoms with Crippen LogP contribution in [0.2, 0.25) is 10.0 Å². The summed E-state index contributed by atoms with van der Waals surface area (Å²) in [6, 6.07) is 13.2. The number of carbonyl (C=O) groups excluding carboxylic acids is 2. The van der Waals surface area contributed by atoms with Gasteiger partial charge in [0.05, 0.1) is 16.5 Å². The van der Waals surface area contributed by atoms with Crippen LogP contribution in [0.3, 0.4) is 0 Å². The number of anilines is 1. The highest BCUT2D eigenvalue weighted by atomic mass is 35.5. The molecule has 0 radical (unpaired) electrons. The SMILES string of the molecule is O=CC1CCN(CCc2cccc(NC(=O)Cc3cccc(Cl)c3Cl)c2)CC1. The van der Waals surface area contributed by atoms with E-state index >= 15 is 0 Å². The number of nitrogens with one attached hydrogen (secondary N) is 1. The van der Waals surface area contributed by atoms with Crippen LogP contribution >= 0.6 is 23.2 Å². The highest BCUT2D eigenvalue weighted by molar-refractivity contribution is 6.42. The van der Waals surface area contributed by atoms with Crippen LogP contribution in [0.15, 0.2) is 42.5 Å². The first-order chi connectivity index (χ1) is 13.5. The van der Waals surface area contributed by atoms with E-state index in [0.717, 1.165) is 50.9 Å². The molecule has 1 aliphatic rings. The molecule has 1 fully saturated rings. The Morgan fingerprint density at radius 3 is 2.64 bits per heavy atom. The minimum atomic E-state index is -0.128. The van der Waals surface area contributed by atoms with Gasteiger partial charge in [-0.3, -0.25) is 4.79 Å². The van der Waals surface area contributed by atoms with E-state index in [9.17, 15) is 9.59 Å². The third-order valence-corrected chi connectivity index (χ3v) is 5.99. The number of halogens is 2. The molecule has 2 aromatic carbocycles. The Kier molecular flexibility index (Phi) is 7.49. The summed E-state index contributed by atoms with van der Waals surface area (Å²) in [5.41, 5.74) is 2.66. The quantitative estimate of drug-likeness (QED) is 0.666. The van der Waals surface area contributed by atoms with E-state index in [0.29, 0.717) is 15.6 Å². The third-order valence-electron chi connectivity index (χ3n) is 5.13. The van der Waals surface area contributed by atoms with Crippen LogP contribution < -0.4 is 5.32 Å². The topological polar surface area (TPSA) is 49.4 Å². The van der Waals surface area contributed by atoms with Gasteiger partial charge in [-0.1, -0.05) is 47.5 Å². The first-order valence-electron chi connectivity index (χ1n) is 9.54. The predicted molar refractivity (Wildman–Crippen MR) is 114 cm³/mol. The first-order valence-corrected chi connectivity index (χ1v) is 10.3. The van der Waals surface area contributed by atoms with Gasteiger partial charge < -0.3 is 15.0 Å². The van der Waals surface area contributed by atoms with Crippen LogP contribution in [0.1, 0.15) is 24.0 Å². The van der Waals surface area contributed by atoms with Crippen LogP contribution in [0.25, 0.3) is 0 Å². The second-order valence-corrected chi connectivity index (χ2v) is 7.99. The van der Waals surface area contributed by atoms with Crippen molar-refractivity contribution < 1.29 is 9.59 Å². The van der Waals surface area contributed by atoms with Crippen molar-refractivity contribution in [3.8, 4) is 0 Å². The van der Waals surface area contributed by atoms with Crippen molar-refractivity contribution in [3.05, 3.63) is 63.6 Å². The summed E-state index contributed by atoms with van der Waals surface area (Å²) in [4.78, 5) is 25.6. The molecule has 4 nitrogen and oxygen atoms in total. The molecule has 1 heterocycles. The molecule has 148 valence electrons. The minimum absolute atomic E-state index is 0.128. The Hall–Kier alpha value is -1.88. The van der Waals surface area contributed by atoms with E-state index in [1.54, 1.807) is 18.2 Å². The van der Waals surface area contributed by atoms with Crippen molar-refractivity contribution in [2.75, 3.05) is 25.0 Å². The zero-order valence-electron chi connectivity index (χ0n) is 15.7. The Morgan fingerprint density at radius 2 is 1.89 bits per heavy atom. The summed E-state index contributed by atoms with van der Waals surface area (Å²) in [7, 11) is 0. The zero-order chi connectivity index (χ0) is 19.9. The smallest absolute Gasteiger partial charge is 0.228 e. The van der Waals surface area contributed by atoms with Gasteiger partial charge >= 0.3 is 0 Å². The predicted octanol–water partition coefficient (Wildman–Crippen LogP) is 4.63. The van der Waals surface area contributed by atoms with E-state index in [1.807, 2.05) is 18.2 Å². The van der Waals surface area contributed by atoms with Crippen molar-refractivity contribution in [1.82, 2.24) is 4.90 Å². The number of rotatable bonds is 7. The normalized spacial score (nSPS) is 15.4. The summed E-state index contributed by atoms with van der Waals surface area (Å²) in [6.45, 7) is 2.90. The molecule has 0 saturated carbocycles. The van der Waals surface area contributed by atoms with Gasteiger partial charge in [-0.25, -0.2) is 0 Å². The van der Waals surface area contributed by atoms with Crippen molar-refractivity contribution in [2.45, 2.75) is 25.7 Å². The summed E-state index contributed by atoms with van der Waals surface area (Å²) in [5.74, 6) is 0.0973. The number of likely N-dealkylation sites (tertiary alicyclic amines) is 1. The molecular formula is C22H24Cl2N2O2. The second-order valence-electron chi connectivity index (χ2n) is 7.20. The lowest BCUT2D eigenvalue weighted by atomic mass is 9.98. The van der Waals surface area contributed by atoms with E-state index in [2.05, 4.69) is 16.3 Å². The molecular weight excluding hydrogens is 395 g/mol. The van der Waals surface area contributed by atoms with Gasteiger partial charge in [0.15, 0.2) is 0 Å². The van der Waals surface area contributed by atoms with Crippen molar-refractivity contribution in [2.24, 2.45) is 5.92 Å². The van der Waals surface area contributed by atoms with Crippen LogP contribution in [0, 0.1) is 5.92 Å². The highest BCUT2D eigenvalue weighted by Gasteiger charge is 2.18. The van der Waals surface area contributed by atoms with Crippen molar-refractivity contribution in [3.63, 3.8) is 0 Å². The van der Waals surface area contributed by atoms with Crippen LogP contribution in [-0.2, 0) is 22.4 Å². The molecule has 0 aliphatic carbocycles. The number of hydrogen-bond donors (Lipinski definition) is 1. The number of amides is 1. The van der Waals surface area contributed by atoms with Crippen molar-refractivity contribution in [1.29, 1.82) is 0 Å². The van der Waals surface area contributed by atoms with E-state index < -0.39 is 0 Å². The van der Waals surface area contributed by atoms with Gasteiger partial charge in [0, 0.05) is 18.2 Å². The van der Waals surface area contributed by atoms with Gasteiger partial charge in [0.2, 0.25) is 5.91 Å². The molecule has 0 unspecified atom stereocenters. The molecule has 1 saturated heterocycles. The summed E-state index contributed by atoms with van der Waals surface area (Å²) >= 11 is 12.2. The fourth-order valence-electron chi connectivity index (χ4n) is 3.47. The maximum atomic E-state index is 12.4. The zero-order valence-corrected chi connectivity index (χ0v) is 17.2. The number of carbonyl (C=O) groups is 2. The van der Waals surface area contributed by atoms with E-state index in [4.69, 9.17) is 23.2 Å². The number of hydrogen-bond acceptors (Lipinski definition) is 3. The Balaban J connectivity index is 1.52. The molecule has 6 heteroatoms. The molecule has 0 atom stereocenters. The molecule has 3 rings (SSSR count). The van der Waals surface area contributed by atoms with Crippen LogP contribution in [-0.4, -0.2) is 36.7 Å².